The van der Waals surface area contributed by atoms with Crippen molar-refractivity contribution in [1.29, 1.82) is 0 Å². The highest BCUT2D eigenvalue weighted by Gasteiger charge is 2.21. The molecule has 1 rings (SSSR count). The van der Waals surface area contributed by atoms with Gasteiger partial charge in [0, 0.05) is 0 Å². The summed E-state index contributed by atoms with van der Waals surface area (Å²) in [6, 6.07) is 3.25. The van der Waals surface area contributed by atoms with Crippen molar-refractivity contribution in [1.82, 2.24) is 4.98 Å². The zero-order chi connectivity index (χ0) is 13.9. The van der Waals surface area contributed by atoms with Gasteiger partial charge in [-0.15, -0.1) is 0 Å². The van der Waals surface area contributed by atoms with Crippen molar-refractivity contribution in [3.05, 3.63) is 29.1 Å². The molecule has 0 amide bonds. The minimum Gasteiger partial charge on any atom is -0.464 e. The van der Waals surface area contributed by atoms with Crippen molar-refractivity contribution in [2.45, 2.75) is 26.2 Å². The van der Waals surface area contributed by atoms with Crippen molar-refractivity contribution >= 4 is 11.9 Å². The molecule has 0 atom stereocenters. The molecule has 0 aliphatic heterocycles. The number of nitrogens with zero attached hydrogens (tertiary/aromatic N) is 1. The molecule has 1 aromatic heterocycles. The molecule has 0 unspecified atom stereocenters. The summed E-state index contributed by atoms with van der Waals surface area (Å²) in [6.07, 6.45) is 0. The molecule has 0 saturated heterocycles. The number of ether oxygens (including phenoxy) is 2. The number of aromatic nitrogens is 1. The van der Waals surface area contributed by atoms with E-state index in [0.29, 0.717) is 0 Å². The maximum Gasteiger partial charge on any atom is 0.356 e. The van der Waals surface area contributed by atoms with Crippen molar-refractivity contribution in [3.63, 3.8) is 0 Å². The molecule has 0 saturated carbocycles. The molecule has 0 bridgehead atoms. The van der Waals surface area contributed by atoms with E-state index in [1.54, 1.807) is 12.1 Å². The lowest BCUT2D eigenvalue weighted by Crippen LogP contribution is -2.17. The molecule has 18 heavy (non-hydrogen) atoms. The monoisotopic (exact) mass is 251 g/mol. The maximum atomic E-state index is 11.5. The third kappa shape index (κ3) is 3.06. The van der Waals surface area contributed by atoms with Gasteiger partial charge in [-0.25, -0.2) is 14.6 Å². The molecule has 0 radical (unpaired) electrons. The topological polar surface area (TPSA) is 65.5 Å². The predicted octanol–water partition coefficient (Wildman–Crippen LogP) is 1.95. The Kier molecular flexibility index (Phi) is 4.06. The number of rotatable bonds is 2. The van der Waals surface area contributed by atoms with Gasteiger partial charge in [0.15, 0.2) is 0 Å². The first kappa shape index (κ1) is 14.2. The van der Waals surface area contributed by atoms with Gasteiger partial charge in [0.1, 0.15) is 11.4 Å². The Hall–Kier alpha value is -1.91. The van der Waals surface area contributed by atoms with Crippen LogP contribution in [0.1, 0.15) is 47.3 Å². The first-order valence-corrected chi connectivity index (χ1v) is 5.48. The number of esters is 2. The second-order valence-corrected chi connectivity index (χ2v) is 4.86. The van der Waals surface area contributed by atoms with Gasteiger partial charge in [0.2, 0.25) is 0 Å². The predicted molar refractivity (Wildman–Crippen MR) is 65.6 cm³/mol. The number of carbonyl (C=O) groups excluding carboxylic acids is 2. The summed E-state index contributed by atoms with van der Waals surface area (Å²) in [4.78, 5) is 27.0. The van der Waals surface area contributed by atoms with Gasteiger partial charge in [-0.1, -0.05) is 20.8 Å². The highest BCUT2D eigenvalue weighted by atomic mass is 16.5. The van der Waals surface area contributed by atoms with Crippen LogP contribution in [0.5, 0.6) is 0 Å². The third-order valence-electron chi connectivity index (χ3n) is 2.48. The van der Waals surface area contributed by atoms with E-state index in [4.69, 9.17) is 0 Å². The van der Waals surface area contributed by atoms with Crippen LogP contribution in [0.3, 0.4) is 0 Å². The molecule has 0 aromatic carbocycles. The van der Waals surface area contributed by atoms with E-state index in [2.05, 4.69) is 14.5 Å². The fraction of sp³-hybridized carbons (Fsp3) is 0.462. The van der Waals surface area contributed by atoms with Crippen LogP contribution in [0.25, 0.3) is 0 Å². The third-order valence-corrected chi connectivity index (χ3v) is 2.48. The SMILES string of the molecule is COC(=O)c1cc(C(C)(C)C)cc(C(=O)OC)n1. The lowest BCUT2D eigenvalue weighted by molar-refractivity contribution is 0.0585. The Labute approximate surface area is 106 Å². The second kappa shape index (κ2) is 5.16. The zero-order valence-corrected chi connectivity index (χ0v) is 11.2. The summed E-state index contributed by atoms with van der Waals surface area (Å²) < 4.78 is 9.24. The number of pyridine rings is 1. The van der Waals surface area contributed by atoms with Crippen molar-refractivity contribution in [2.24, 2.45) is 0 Å². The highest BCUT2D eigenvalue weighted by molar-refractivity contribution is 5.92. The number of carbonyl (C=O) groups is 2. The quantitative estimate of drug-likeness (QED) is 0.752. The first-order valence-electron chi connectivity index (χ1n) is 5.48. The fourth-order valence-corrected chi connectivity index (χ4v) is 1.38. The van der Waals surface area contributed by atoms with Gasteiger partial charge in [-0.2, -0.15) is 0 Å². The summed E-state index contributed by atoms with van der Waals surface area (Å²) in [6.45, 7) is 5.93. The fourth-order valence-electron chi connectivity index (χ4n) is 1.38. The summed E-state index contributed by atoms with van der Waals surface area (Å²) >= 11 is 0. The average molecular weight is 251 g/mol. The van der Waals surface area contributed by atoms with Crippen LogP contribution >= 0.6 is 0 Å². The molecule has 5 heteroatoms. The normalized spacial score (nSPS) is 10.9. The van der Waals surface area contributed by atoms with Crippen LogP contribution in [0.4, 0.5) is 0 Å². The Morgan fingerprint density at radius 2 is 1.39 bits per heavy atom. The molecular formula is C13H17NO4. The Morgan fingerprint density at radius 1 is 1.00 bits per heavy atom. The molecule has 0 aliphatic rings. The van der Waals surface area contributed by atoms with E-state index in [9.17, 15) is 9.59 Å². The van der Waals surface area contributed by atoms with E-state index in [1.807, 2.05) is 20.8 Å². The van der Waals surface area contributed by atoms with Crippen LogP contribution in [0, 0.1) is 0 Å². The number of hydrogen-bond acceptors (Lipinski definition) is 5. The lowest BCUT2D eigenvalue weighted by atomic mass is 9.86. The van der Waals surface area contributed by atoms with Gasteiger partial charge in [0.05, 0.1) is 14.2 Å². The van der Waals surface area contributed by atoms with Crippen LogP contribution in [-0.4, -0.2) is 31.1 Å². The molecule has 98 valence electrons. The minimum absolute atomic E-state index is 0.102. The van der Waals surface area contributed by atoms with Gasteiger partial charge in [-0.3, -0.25) is 0 Å². The van der Waals surface area contributed by atoms with Gasteiger partial charge in [0.25, 0.3) is 0 Å². The van der Waals surface area contributed by atoms with Crippen molar-refractivity contribution < 1.29 is 19.1 Å². The number of hydrogen-bond donors (Lipinski definition) is 0. The standard InChI is InChI=1S/C13H17NO4/c1-13(2,3)8-6-9(11(15)17-4)14-10(7-8)12(16)18-5/h6-7H,1-5H3. The van der Waals surface area contributed by atoms with Crippen molar-refractivity contribution in [2.75, 3.05) is 14.2 Å². The smallest absolute Gasteiger partial charge is 0.356 e. The Balaban J connectivity index is 3.38. The van der Waals surface area contributed by atoms with E-state index in [0.717, 1.165) is 5.56 Å². The molecule has 0 N–H and O–H groups in total. The molecular weight excluding hydrogens is 234 g/mol. The molecule has 0 fully saturated rings. The highest BCUT2D eigenvalue weighted by Crippen LogP contribution is 2.23. The van der Waals surface area contributed by atoms with Crippen LogP contribution < -0.4 is 0 Å². The zero-order valence-electron chi connectivity index (χ0n) is 11.2. The maximum absolute atomic E-state index is 11.5. The van der Waals surface area contributed by atoms with Gasteiger partial charge < -0.3 is 9.47 Å². The minimum atomic E-state index is -0.578. The summed E-state index contributed by atoms with van der Waals surface area (Å²) in [5.74, 6) is -1.16. The van der Waals surface area contributed by atoms with Crippen LogP contribution in [0.15, 0.2) is 12.1 Å². The Bertz CT molecular complexity index is 440. The van der Waals surface area contributed by atoms with E-state index >= 15 is 0 Å². The molecule has 0 aliphatic carbocycles. The molecule has 0 spiro atoms. The lowest BCUT2D eigenvalue weighted by Gasteiger charge is -2.20. The van der Waals surface area contributed by atoms with Gasteiger partial charge >= 0.3 is 11.9 Å². The second-order valence-electron chi connectivity index (χ2n) is 4.86. The van der Waals surface area contributed by atoms with E-state index in [1.165, 1.54) is 14.2 Å². The summed E-state index contributed by atoms with van der Waals surface area (Å²) in [5.41, 5.74) is 0.808. The van der Waals surface area contributed by atoms with Gasteiger partial charge in [-0.05, 0) is 23.1 Å². The average Bonchev–Trinajstić information content (AvgIpc) is 2.35. The molecule has 1 aromatic rings. The summed E-state index contributed by atoms with van der Waals surface area (Å²) in [5, 5.41) is 0. The van der Waals surface area contributed by atoms with Crippen LogP contribution in [0.2, 0.25) is 0 Å². The Morgan fingerprint density at radius 3 is 1.67 bits per heavy atom. The number of methoxy groups -OCH3 is 2. The van der Waals surface area contributed by atoms with E-state index in [-0.39, 0.29) is 16.8 Å². The molecule has 5 nitrogen and oxygen atoms in total. The van der Waals surface area contributed by atoms with Crippen molar-refractivity contribution in [3.8, 4) is 0 Å². The van der Waals surface area contributed by atoms with Crippen LogP contribution in [-0.2, 0) is 14.9 Å². The summed E-state index contributed by atoms with van der Waals surface area (Å²) in [7, 11) is 2.54. The van der Waals surface area contributed by atoms with E-state index < -0.39 is 11.9 Å². The first-order chi connectivity index (χ1) is 8.29. The molecule has 1 heterocycles. The largest absolute Gasteiger partial charge is 0.464 e.